The average molecular weight is 420 g/mol. The molecule has 2 atom stereocenters. The summed E-state index contributed by atoms with van der Waals surface area (Å²) in [4.78, 5) is 16.7. The van der Waals surface area contributed by atoms with Crippen molar-refractivity contribution in [3.8, 4) is 0 Å². The van der Waals surface area contributed by atoms with Gasteiger partial charge in [0.25, 0.3) is 0 Å². The first-order chi connectivity index (χ1) is 12.1. The second kappa shape index (κ2) is 11.8. The van der Waals surface area contributed by atoms with Crippen molar-refractivity contribution in [1.29, 1.82) is 0 Å². The number of ether oxygens (including phenoxy) is 1. The molecule has 1 aromatic carbocycles. The maximum atomic E-state index is 12.6. The van der Waals surface area contributed by atoms with Crippen molar-refractivity contribution in [3.05, 3.63) is 35.9 Å². The van der Waals surface area contributed by atoms with E-state index in [1.165, 1.54) is 0 Å². The van der Waals surface area contributed by atoms with Gasteiger partial charge in [-0.05, 0) is 24.3 Å². The highest BCUT2D eigenvalue weighted by molar-refractivity contribution is 5.85. The Morgan fingerprint density at radius 1 is 1.11 bits per heavy atom. The van der Waals surface area contributed by atoms with Gasteiger partial charge < -0.3 is 20.5 Å². The number of hydrogen-bond donors (Lipinski definition) is 2. The largest absolute Gasteiger partial charge is 0.387 e. The maximum absolute atomic E-state index is 12.6. The number of aliphatic hydroxyl groups excluding tert-OH is 1. The molecule has 2 heterocycles. The van der Waals surface area contributed by atoms with Crippen LogP contribution in [0.1, 0.15) is 24.5 Å². The minimum atomic E-state index is -0.493. The van der Waals surface area contributed by atoms with E-state index in [-0.39, 0.29) is 36.6 Å². The van der Waals surface area contributed by atoms with Gasteiger partial charge in [0.15, 0.2) is 0 Å². The molecule has 2 saturated heterocycles. The third-order valence-electron chi connectivity index (χ3n) is 5.36. The van der Waals surface area contributed by atoms with E-state index >= 15 is 0 Å². The molecule has 0 radical (unpaired) electrons. The molecular weight excluding hydrogens is 389 g/mol. The van der Waals surface area contributed by atoms with Crippen LogP contribution in [-0.4, -0.2) is 72.8 Å². The van der Waals surface area contributed by atoms with Crippen molar-refractivity contribution in [2.75, 3.05) is 45.9 Å². The molecule has 0 aliphatic carbocycles. The van der Waals surface area contributed by atoms with Crippen LogP contribution < -0.4 is 5.73 Å². The fraction of sp³-hybridized carbons (Fsp3) is 0.632. The summed E-state index contributed by atoms with van der Waals surface area (Å²) in [5.74, 6) is 0.300. The smallest absolute Gasteiger partial charge is 0.239 e. The highest BCUT2D eigenvalue weighted by atomic mass is 35.5. The number of halogens is 2. The molecule has 2 aliphatic heterocycles. The zero-order valence-corrected chi connectivity index (χ0v) is 17.2. The predicted octanol–water partition coefficient (Wildman–Crippen LogP) is 1.46. The summed E-state index contributed by atoms with van der Waals surface area (Å²) in [6.45, 7) is 4.91. The van der Waals surface area contributed by atoms with Crippen LogP contribution in [0.2, 0.25) is 0 Å². The average Bonchev–Trinajstić information content (AvgIpc) is 2.69. The van der Waals surface area contributed by atoms with Gasteiger partial charge in [0.05, 0.1) is 12.1 Å². The Labute approximate surface area is 173 Å². The summed E-state index contributed by atoms with van der Waals surface area (Å²) in [6, 6.07) is 9.29. The minimum absolute atomic E-state index is 0. The maximum Gasteiger partial charge on any atom is 0.239 e. The van der Waals surface area contributed by atoms with Gasteiger partial charge in [-0.1, -0.05) is 30.3 Å². The molecule has 2 unspecified atom stereocenters. The Morgan fingerprint density at radius 2 is 1.70 bits per heavy atom. The number of rotatable bonds is 5. The first kappa shape index (κ1) is 24.1. The van der Waals surface area contributed by atoms with Gasteiger partial charge in [-0.2, -0.15) is 0 Å². The molecule has 3 rings (SSSR count). The molecule has 1 aromatic rings. The third kappa shape index (κ3) is 6.59. The lowest BCUT2D eigenvalue weighted by Gasteiger charge is -2.38. The topological polar surface area (TPSA) is 79.0 Å². The molecule has 0 saturated carbocycles. The minimum Gasteiger partial charge on any atom is -0.387 e. The van der Waals surface area contributed by atoms with Crippen molar-refractivity contribution in [1.82, 2.24) is 9.80 Å². The lowest BCUT2D eigenvalue weighted by Crippen LogP contribution is -2.55. The van der Waals surface area contributed by atoms with E-state index < -0.39 is 12.1 Å². The number of benzene rings is 1. The fourth-order valence-corrected chi connectivity index (χ4v) is 3.66. The van der Waals surface area contributed by atoms with Crippen molar-refractivity contribution in [2.24, 2.45) is 11.7 Å². The normalized spacial score (nSPS) is 20.9. The van der Waals surface area contributed by atoms with Crippen molar-refractivity contribution in [3.63, 3.8) is 0 Å². The number of piperazine rings is 1. The van der Waals surface area contributed by atoms with E-state index in [9.17, 15) is 9.90 Å². The summed E-state index contributed by atoms with van der Waals surface area (Å²) in [5, 5.41) is 10.4. The standard InChI is InChI=1S/C19H29N3O3.2ClH/c20-18(16-6-12-25-13-7-16)19(24)22-10-8-21(9-11-22)14-17(23)15-4-2-1-3-5-15;;/h1-5,16-18,23H,6-14,20H2;2*1H. The highest BCUT2D eigenvalue weighted by Crippen LogP contribution is 2.20. The number of hydrogen-bond acceptors (Lipinski definition) is 5. The molecule has 27 heavy (non-hydrogen) atoms. The van der Waals surface area contributed by atoms with Crippen molar-refractivity contribution < 1.29 is 14.6 Å². The molecule has 2 fully saturated rings. The van der Waals surface area contributed by atoms with Crippen molar-refractivity contribution >= 4 is 30.7 Å². The number of carbonyl (C=O) groups is 1. The quantitative estimate of drug-likeness (QED) is 0.754. The van der Waals surface area contributed by atoms with E-state index in [4.69, 9.17) is 10.5 Å². The number of nitrogens with zero attached hydrogens (tertiary/aromatic N) is 2. The first-order valence-electron chi connectivity index (χ1n) is 9.22. The number of aliphatic hydroxyl groups is 1. The lowest BCUT2D eigenvalue weighted by molar-refractivity contribution is -0.136. The summed E-state index contributed by atoms with van der Waals surface area (Å²) >= 11 is 0. The van der Waals surface area contributed by atoms with E-state index in [1.807, 2.05) is 35.2 Å². The molecule has 8 heteroatoms. The zero-order chi connectivity index (χ0) is 17.6. The van der Waals surface area contributed by atoms with Crippen LogP contribution in [0.25, 0.3) is 0 Å². The van der Waals surface area contributed by atoms with Gasteiger partial charge in [0, 0.05) is 45.9 Å². The number of carbonyl (C=O) groups excluding carboxylic acids is 1. The summed E-state index contributed by atoms with van der Waals surface area (Å²) in [6.07, 6.45) is 1.25. The Kier molecular flexibility index (Phi) is 10.6. The molecule has 2 aliphatic rings. The van der Waals surface area contributed by atoms with Crippen LogP contribution in [0.3, 0.4) is 0 Å². The van der Waals surface area contributed by atoms with Crippen LogP contribution in [0.4, 0.5) is 0 Å². The molecule has 6 nitrogen and oxygen atoms in total. The van der Waals surface area contributed by atoms with Gasteiger partial charge in [0.1, 0.15) is 0 Å². The Balaban J connectivity index is 0.00000182. The summed E-state index contributed by atoms with van der Waals surface area (Å²) in [7, 11) is 0. The number of nitrogens with two attached hydrogens (primary N) is 1. The van der Waals surface area contributed by atoms with E-state index in [2.05, 4.69) is 4.90 Å². The molecule has 3 N–H and O–H groups in total. The van der Waals surface area contributed by atoms with Gasteiger partial charge in [-0.15, -0.1) is 24.8 Å². The molecular formula is C19H31Cl2N3O3. The Morgan fingerprint density at radius 3 is 2.30 bits per heavy atom. The second-order valence-corrected chi connectivity index (χ2v) is 7.03. The monoisotopic (exact) mass is 419 g/mol. The molecule has 0 bridgehead atoms. The predicted molar refractivity (Wildman–Crippen MR) is 110 cm³/mol. The molecule has 1 amide bonds. The lowest BCUT2D eigenvalue weighted by atomic mass is 9.91. The molecule has 154 valence electrons. The summed E-state index contributed by atoms with van der Waals surface area (Å²) in [5.41, 5.74) is 7.15. The number of β-amino-alcohol motifs (C(OH)–C–C–N with tert-alkyl or cyclic N) is 1. The second-order valence-electron chi connectivity index (χ2n) is 7.03. The first-order valence-corrected chi connectivity index (χ1v) is 9.22. The molecule has 0 spiro atoms. The van der Waals surface area contributed by atoms with Crippen LogP contribution in [-0.2, 0) is 9.53 Å². The van der Waals surface area contributed by atoms with Crippen LogP contribution >= 0.6 is 24.8 Å². The van der Waals surface area contributed by atoms with Gasteiger partial charge in [-0.25, -0.2) is 0 Å². The Bertz CT molecular complexity index is 550. The van der Waals surface area contributed by atoms with Crippen molar-refractivity contribution in [2.45, 2.75) is 25.0 Å². The van der Waals surface area contributed by atoms with E-state index in [0.717, 1.165) is 31.5 Å². The van der Waals surface area contributed by atoms with Crippen LogP contribution in [0.5, 0.6) is 0 Å². The zero-order valence-electron chi connectivity index (χ0n) is 15.5. The van der Waals surface area contributed by atoms with Gasteiger partial charge in [-0.3, -0.25) is 9.69 Å². The fourth-order valence-electron chi connectivity index (χ4n) is 3.66. The Hall–Kier alpha value is -0.890. The highest BCUT2D eigenvalue weighted by Gasteiger charge is 2.31. The third-order valence-corrected chi connectivity index (χ3v) is 5.36. The van der Waals surface area contributed by atoms with Crippen LogP contribution in [0, 0.1) is 5.92 Å². The van der Waals surface area contributed by atoms with Gasteiger partial charge >= 0.3 is 0 Å². The van der Waals surface area contributed by atoms with Crippen LogP contribution in [0.15, 0.2) is 30.3 Å². The summed E-state index contributed by atoms with van der Waals surface area (Å²) < 4.78 is 5.35. The SMILES string of the molecule is Cl.Cl.NC(C(=O)N1CCN(CC(O)c2ccccc2)CC1)C1CCOCC1. The van der Waals surface area contributed by atoms with Gasteiger partial charge in [0.2, 0.25) is 5.91 Å². The molecule has 0 aromatic heterocycles. The van der Waals surface area contributed by atoms with E-state index in [1.54, 1.807) is 0 Å². The number of amides is 1. The van der Waals surface area contributed by atoms with E-state index in [0.29, 0.717) is 32.8 Å².